The lowest BCUT2D eigenvalue weighted by Gasteiger charge is -2.11. The van der Waals surface area contributed by atoms with Gasteiger partial charge in [0.2, 0.25) is 0 Å². The second-order valence-electron chi connectivity index (χ2n) is 6.47. The van der Waals surface area contributed by atoms with Gasteiger partial charge >= 0.3 is 5.97 Å². The van der Waals surface area contributed by atoms with Gasteiger partial charge in [0.25, 0.3) is 0 Å². The molecule has 0 amide bonds. The Hall–Kier alpha value is -3.53. The van der Waals surface area contributed by atoms with E-state index in [1.54, 1.807) is 0 Å². The Bertz CT molecular complexity index is 1110. The van der Waals surface area contributed by atoms with Crippen molar-refractivity contribution in [1.82, 2.24) is 4.40 Å². The summed E-state index contributed by atoms with van der Waals surface area (Å²) in [5.74, 6) is -0.135. The van der Waals surface area contributed by atoms with Gasteiger partial charge in [-0.1, -0.05) is 42.5 Å². The van der Waals surface area contributed by atoms with Crippen molar-refractivity contribution in [3.05, 3.63) is 95.8 Å². The summed E-state index contributed by atoms with van der Waals surface area (Å²) in [5.41, 5.74) is 4.63. The van der Waals surface area contributed by atoms with E-state index in [4.69, 9.17) is 4.74 Å². The number of ether oxygens (including phenoxy) is 1. The van der Waals surface area contributed by atoms with Crippen LogP contribution in [0.15, 0.2) is 79.1 Å². The molecule has 4 rings (SSSR count). The van der Waals surface area contributed by atoms with Crippen molar-refractivity contribution in [2.24, 2.45) is 0 Å². The first-order valence-corrected chi connectivity index (χ1v) is 8.74. The molecule has 0 saturated heterocycles. The number of hydrogen-bond donors (Lipinski definition) is 1. The van der Waals surface area contributed by atoms with Crippen molar-refractivity contribution >= 4 is 11.5 Å². The number of aromatic nitrogens is 1. The first-order chi connectivity index (χ1) is 13.1. The van der Waals surface area contributed by atoms with Crippen LogP contribution in [0.1, 0.15) is 21.5 Å². The highest BCUT2D eigenvalue weighted by Crippen LogP contribution is 2.32. The minimum atomic E-state index is -0.930. The summed E-state index contributed by atoms with van der Waals surface area (Å²) in [6.45, 7) is 2.47. The van der Waals surface area contributed by atoms with Crippen LogP contribution < -0.4 is 4.74 Å². The van der Waals surface area contributed by atoms with Crippen LogP contribution in [-0.4, -0.2) is 15.5 Å². The third-order valence-corrected chi connectivity index (χ3v) is 4.62. The van der Waals surface area contributed by atoms with Crippen molar-refractivity contribution in [3.8, 4) is 16.9 Å². The van der Waals surface area contributed by atoms with Gasteiger partial charge in [-0.15, -0.1) is 0 Å². The number of fused-ring (bicyclic) bond motifs is 1. The van der Waals surface area contributed by atoms with Crippen LogP contribution in [0.2, 0.25) is 0 Å². The van der Waals surface area contributed by atoms with E-state index in [1.807, 2.05) is 90.4 Å². The van der Waals surface area contributed by atoms with Crippen molar-refractivity contribution < 1.29 is 14.6 Å². The van der Waals surface area contributed by atoms with Gasteiger partial charge < -0.3 is 14.2 Å². The molecule has 0 aliphatic rings. The molecule has 4 nitrogen and oxygen atoms in total. The maximum atomic E-state index is 11.8. The van der Waals surface area contributed by atoms with Crippen molar-refractivity contribution in [3.63, 3.8) is 0 Å². The van der Waals surface area contributed by atoms with E-state index < -0.39 is 5.97 Å². The van der Waals surface area contributed by atoms with E-state index in [9.17, 15) is 9.90 Å². The summed E-state index contributed by atoms with van der Waals surface area (Å²) in [5, 5.41) is 9.71. The molecule has 0 radical (unpaired) electrons. The lowest BCUT2D eigenvalue weighted by atomic mass is 10.0. The minimum absolute atomic E-state index is 0.313. The summed E-state index contributed by atoms with van der Waals surface area (Å²) in [6, 6.07) is 21.3. The molecule has 0 fully saturated rings. The van der Waals surface area contributed by atoms with E-state index in [0.717, 1.165) is 22.4 Å². The predicted molar refractivity (Wildman–Crippen MR) is 105 cm³/mol. The molecule has 4 heteroatoms. The largest absolute Gasteiger partial charge is 0.489 e. The lowest BCUT2D eigenvalue weighted by Crippen LogP contribution is -1.99. The zero-order chi connectivity index (χ0) is 18.8. The smallest absolute Gasteiger partial charge is 0.338 e. The monoisotopic (exact) mass is 357 g/mol. The van der Waals surface area contributed by atoms with E-state index in [1.165, 1.54) is 0 Å². The Balaban J connectivity index is 1.67. The number of pyridine rings is 1. The molecule has 0 bridgehead atoms. The number of nitrogens with zero attached hydrogens (tertiary/aromatic N) is 1. The van der Waals surface area contributed by atoms with Gasteiger partial charge in [0, 0.05) is 18.0 Å². The quantitative estimate of drug-likeness (QED) is 0.535. The zero-order valence-corrected chi connectivity index (χ0v) is 14.9. The number of aryl methyl sites for hydroxylation is 1. The van der Waals surface area contributed by atoms with Crippen LogP contribution >= 0.6 is 0 Å². The molecular formula is C23H19NO3. The standard InChI is InChI=1S/C23H19NO3/c1-16-13-18(10-11-21(16)27-15-17-7-3-2-4-8-17)19-14-24-12-6-5-9-20(24)22(19)23(25)26/h2-14H,15H2,1H3,(H,25,26). The molecule has 0 saturated carbocycles. The molecule has 2 aromatic heterocycles. The molecule has 1 N–H and O–H groups in total. The topological polar surface area (TPSA) is 50.9 Å². The highest BCUT2D eigenvalue weighted by atomic mass is 16.5. The van der Waals surface area contributed by atoms with Gasteiger partial charge in [-0.2, -0.15) is 0 Å². The highest BCUT2D eigenvalue weighted by Gasteiger charge is 2.18. The molecule has 0 aliphatic heterocycles. The molecule has 134 valence electrons. The van der Waals surface area contributed by atoms with Crippen LogP contribution in [0, 0.1) is 6.92 Å². The summed E-state index contributed by atoms with van der Waals surface area (Å²) in [6.07, 6.45) is 3.72. The van der Waals surface area contributed by atoms with Crippen molar-refractivity contribution in [2.75, 3.05) is 0 Å². The summed E-state index contributed by atoms with van der Waals surface area (Å²) >= 11 is 0. The fourth-order valence-electron chi connectivity index (χ4n) is 3.28. The van der Waals surface area contributed by atoms with Gasteiger partial charge in [0.05, 0.1) is 11.1 Å². The van der Waals surface area contributed by atoms with E-state index in [0.29, 0.717) is 23.3 Å². The Kier molecular flexibility index (Phi) is 4.38. The lowest BCUT2D eigenvalue weighted by molar-refractivity contribution is 0.0700. The maximum absolute atomic E-state index is 11.8. The number of carboxylic acid groups (broad SMARTS) is 1. The minimum Gasteiger partial charge on any atom is -0.489 e. The van der Waals surface area contributed by atoms with Crippen LogP contribution in [0.25, 0.3) is 16.6 Å². The maximum Gasteiger partial charge on any atom is 0.338 e. The van der Waals surface area contributed by atoms with Crippen molar-refractivity contribution in [1.29, 1.82) is 0 Å². The molecule has 0 spiro atoms. The van der Waals surface area contributed by atoms with Crippen LogP contribution in [0.3, 0.4) is 0 Å². The number of carbonyl (C=O) groups is 1. The molecule has 0 aliphatic carbocycles. The van der Waals surface area contributed by atoms with Crippen LogP contribution in [0.5, 0.6) is 5.75 Å². The van der Waals surface area contributed by atoms with Gasteiger partial charge in [-0.25, -0.2) is 4.79 Å². The third-order valence-electron chi connectivity index (χ3n) is 4.62. The first kappa shape index (κ1) is 16.9. The van der Waals surface area contributed by atoms with Gasteiger partial charge in [0.15, 0.2) is 0 Å². The van der Waals surface area contributed by atoms with Crippen molar-refractivity contribution in [2.45, 2.75) is 13.5 Å². The summed E-state index contributed by atoms with van der Waals surface area (Å²) < 4.78 is 7.77. The molecule has 2 aromatic carbocycles. The molecule has 0 atom stereocenters. The number of rotatable bonds is 5. The molecule has 0 unspecified atom stereocenters. The van der Waals surface area contributed by atoms with E-state index in [2.05, 4.69) is 0 Å². The van der Waals surface area contributed by atoms with E-state index in [-0.39, 0.29) is 0 Å². The fraction of sp³-hybridized carbons (Fsp3) is 0.0870. The average Bonchev–Trinajstić information content (AvgIpc) is 3.07. The third kappa shape index (κ3) is 3.29. The normalized spacial score (nSPS) is 10.9. The first-order valence-electron chi connectivity index (χ1n) is 8.74. The number of benzene rings is 2. The predicted octanol–water partition coefficient (Wildman–Crippen LogP) is 5.19. The Morgan fingerprint density at radius 3 is 2.56 bits per heavy atom. The zero-order valence-electron chi connectivity index (χ0n) is 14.9. The summed E-state index contributed by atoms with van der Waals surface area (Å²) in [4.78, 5) is 11.8. The number of aromatic carboxylic acids is 1. The molecule has 2 heterocycles. The van der Waals surface area contributed by atoms with Crippen LogP contribution in [-0.2, 0) is 6.61 Å². The Morgan fingerprint density at radius 1 is 1.04 bits per heavy atom. The van der Waals surface area contributed by atoms with Gasteiger partial charge in [-0.3, -0.25) is 0 Å². The Morgan fingerprint density at radius 2 is 1.81 bits per heavy atom. The second kappa shape index (κ2) is 7.00. The SMILES string of the molecule is Cc1cc(-c2cn3ccccc3c2C(=O)O)ccc1OCc1ccccc1. The Labute approximate surface area is 157 Å². The molecule has 27 heavy (non-hydrogen) atoms. The average molecular weight is 357 g/mol. The highest BCUT2D eigenvalue weighted by molar-refractivity contribution is 6.03. The van der Waals surface area contributed by atoms with Crippen LogP contribution in [0.4, 0.5) is 0 Å². The molecular weight excluding hydrogens is 338 g/mol. The fourth-order valence-corrected chi connectivity index (χ4v) is 3.28. The number of carboxylic acids is 1. The summed E-state index contributed by atoms with van der Waals surface area (Å²) in [7, 11) is 0. The van der Waals surface area contributed by atoms with Gasteiger partial charge in [-0.05, 0) is 47.9 Å². The van der Waals surface area contributed by atoms with Gasteiger partial charge in [0.1, 0.15) is 12.4 Å². The number of hydrogen-bond acceptors (Lipinski definition) is 2. The van der Waals surface area contributed by atoms with E-state index >= 15 is 0 Å². The molecule has 4 aromatic rings. The second-order valence-corrected chi connectivity index (χ2v) is 6.47.